The molecule has 0 saturated carbocycles. The second kappa shape index (κ2) is 4.96. The van der Waals surface area contributed by atoms with E-state index in [-0.39, 0.29) is 0 Å². The number of rotatable bonds is 3. The molecule has 1 aliphatic rings. The Morgan fingerprint density at radius 3 is 2.86 bits per heavy atom. The summed E-state index contributed by atoms with van der Waals surface area (Å²) in [6.45, 7) is 1.72. The number of imidazole rings is 1. The van der Waals surface area contributed by atoms with Gasteiger partial charge in [0, 0.05) is 32.0 Å². The van der Waals surface area contributed by atoms with Gasteiger partial charge in [-0.1, -0.05) is 0 Å². The highest BCUT2D eigenvalue weighted by molar-refractivity contribution is 5.65. The van der Waals surface area contributed by atoms with E-state index >= 15 is 0 Å². The van der Waals surface area contributed by atoms with Crippen LogP contribution in [-0.2, 0) is 4.74 Å². The van der Waals surface area contributed by atoms with Gasteiger partial charge in [0.25, 0.3) is 0 Å². The molecular formula is C15H16N6O. The van der Waals surface area contributed by atoms with Crippen LogP contribution in [0, 0.1) is 0 Å². The number of fused-ring (bicyclic) bond motifs is 1. The molecule has 0 atom stereocenters. The second-order valence-electron chi connectivity index (χ2n) is 5.34. The molecule has 7 nitrogen and oxygen atoms in total. The first-order chi connectivity index (χ1) is 10.7. The van der Waals surface area contributed by atoms with Crippen LogP contribution in [0.4, 0.5) is 11.6 Å². The van der Waals surface area contributed by atoms with E-state index < -0.39 is 0 Å². The highest BCUT2D eigenvalue weighted by atomic mass is 16.5. The highest BCUT2D eigenvalue weighted by Crippen LogP contribution is 2.24. The van der Waals surface area contributed by atoms with Crippen LogP contribution in [0.15, 0.2) is 36.7 Å². The van der Waals surface area contributed by atoms with Gasteiger partial charge < -0.3 is 15.4 Å². The van der Waals surface area contributed by atoms with Crippen LogP contribution in [0.3, 0.4) is 0 Å². The third kappa shape index (κ3) is 2.06. The van der Waals surface area contributed by atoms with Crippen molar-refractivity contribution in [2.75, 3.05) is 30.8 Å². The molecule has 1 fully saturated rings. The van der Waals surface area contributed by atoms with Gasteiger partial charge in [-0.3, -0.25) is 0 Å². The van der Waals surface area contributed by atoms with Crippen LogP contribution < -0.4 is 10.6 Å². The van der Waals surface area contributed by atoms with Gasteiger partial charge in [-0.2, -0.15) is 0 Å². The Hall–Kier alpha value is -2.67. The molecule has 7 heteroatoms. The van der Waals surface area contributed by atoms with Gasteiger partial charge in [0.1, 0.15) is 11.6 Å². The standard InChI is InChI=1S/C15H16N6O/c1-22-11-8-20(9-11)15-3-2-14-18-7-12(21(14)19-15)10-4-5-17-13(16)6-10/h2-7,11H,8-9H2,1H3,(H2,16,17). The smallest absolute Gasteiger partial charge is 0.154 e. The SMILES string of the molecule is COC1CN(c2ccc3ncc(-c4ccnc(N)c4)n3n2)C1. The minimum Gasteiger partial charge on any atom is -0.384 e. The lowest BCUT2D eigenvalue weighted by molar-refractivity contribution is 0.0782. The van der Waals surface area contributed by atoms with Gasteiger partial charge in [0.15, 0.2) is 5.65 Å². The summed E-state index contributed by atoms with van der Waals surface area (Å²) in [6, 6.07) is 7.68. The summed E-state index contributed by atoms with van der Waals surface area (Å²) in [7, 11) is 1.74. The second-order valence-corrected chi connectivity index (χ2v) is 5.34. The fraction of sp³-hybridized carbons (Fsp3) is 0.267. The van der Waals surface area contributed by atoms with Gasteiger partial charge in [0.05, 0.1) is 18.0 Å². The van der Waals surface area contributed by atoms with Crippen LogP contribution in [-0.4, -0.2) is 45.9 Å². The van der Waals surface area contributed by atoms with Crippen molar-refractivity contribution in [3.05, 3.63) is 36.7 Å². The van der Waals surface area contributed by atoms with Gasteiger partial charge in [-0.25, -0.2) is 14.5 Å². The van der Waals surface area contributed by atoms with E-state index in [0.29, 0.717) is 11.9 Å². The van der Waals surface area contributed by atoms with Gasteiger partial charge in [-0.05, 0) is 24.3 Å². The molecule has 1 aliphatic heterocycles. The van der Waals surface area contributed by atoms with E-state index in [2.05, 4.69) is 14.9 Å². The Kier molecular flexibility index (Phi) is 2.93. The fourth-order valence-corrected chi connectivity index (χ4v) is 2.61. The van der Waals surface area contributed by atoms with Crippen LogP contribution in [0.1, 0.15) is 0 Å². The summed E-state index contributed by atoms with van der Waals surface area (Å²) in [5.41, 5.74) is 8.41. The van der Waals surface area contributed by atoms with Crippen molar-refractivity contribution in [2.45, 2.75) is 6.10 Å². The number of nitrogen functional groups attached to an aromatic ring is 1. The number of aromatic nitrogens is 4. The van der Waals surface area contributed by atoms with Gasteiger partial charge >= 0.3 is 0 Å². The zero-order valence-corrected chi connectivity index (χ0v) is 12.2. The number of nitrogens with zero attached hydrogens (tertiary/aromatic N) is 5. The molecule has 0 bridgehead atoms. The Bertz CT molecular complexity index is 824. The van der Waals surface area contributed by atoms with Gasteiger partial charge in [-0.15, -0.1) is 5.10 Å². The number of methoxy groups -OCH3 is 1. The van der Waals surface area contributed by atoms with Crippen molar-refractivity contribution in [1.82, 2.24) is 19.6 Å². The minimum atomic E-state index is 0.291. The maximum atomic E-state index is 5.76. The lowest BCUT2D eigenvalue weighted by Crippen LogP contribution is -2.52. The Balaban J connectivity index is 1.74. The summed E-state index contributed by atoms with van der Waals surface area (Å²) in [4.78, 5) is 10.6. The average Bonchev–Trinajstić information content (AvgIpc) is 2.89. The van der Waals surface area contributed by atoms with Crippen LogP contribution in [0.2, 0.25) is 0 Å². The monoisotopic (exact) mass is 296 g/mol. The minimum absolute atomic E-state index is 0.291. The lowest BCUT2D eigenvalue weighted by Gasteiger charge is -2.38. The number of anilines is 2. The third-order valence-electron chi connectivity index (χ3n) is 3.93. The van der Waals surface area contributed by atoms with Crippen LogP contribution >= 0.6 is 0 Å². The summed E-state index contributed by atoms with van der Waals surface area (Å²) in [5.74, 6) is 1.40. The molecule has 2 N–H and O–H groups in total. The molecule has 22 heavy (non-hydrogen) atoms. The van der Waals surface area contributed by atoms with Crippen LogP contribution in [0.25, 0.3) is 16.9 Å². The molecule has 0 amide bonds. The van der Waals surface area contributed by atoms with E-state index in [9.17, 15) is 0 Å². The van der Waals surface area contributed by atoms with Gasteiger partial charge in [0.2, 0.25) is 0 Å². The van der Waals surface area contributed by atoms with Crippen molar-refractivity contribution >= 4 is 17.3 Å². The molecule has 0 unspecified atom stereocenters. The quantitative estimate of drug-likeness (QED) is 0.782. The molecule has 0 spiro atoms. The topological polar surface area (TPSA) is 81.6 Å². The molecule has 4 heterocycles. The van der Waals surface area contributed by atoms with E-state index in [1.54, 1.807) is 19.5 Å². The lowest BCUT2D eigenvalue weighted by atomic mass is 10.2. The molecule has 0 radical (unpaired) electrons. The van der Waals surface area contributed by atoms with Crippen molar-refractivity contribution in [1.29, 1.82) is 0 Å². The largest absolute Gasteiger partial charge is 0.384 e. The predicted molar refractivity (Wildman–Crippen MR) is 83.6 cm³/mol. The fourth-order valence-electron chi connectivity index (χ4n) is 2.61. The molecule has 4 rings (SSSR count). The summed E-state index contributed by atoms with van der Waals surface area (Å²) in [6.07, 6.45) is 3.78. The van der Waals surface area contributed by atoms with E-state index in [1.165, 1.54) is 0 Å². The Morgan fingerprint density at radius 1 is 1.23 bits per heavy atom. The molecule has 0 aromatic carbocycles. The number of hydrogen-bond acceptors (Lipinski definition) is 6. The van der Waals surface area contributed by atoms with E-state index in [4.69, 9.17) is 15.6 Å². The molecule has 0 aliphatic carbocycles. The Labute approximate surface area is 127 Å². The molecule has 3 aromatic heterocycles. The van der Waals surface area contributed by atoms with Crippen molar-refractivity contribution in [2.24, 2.45) is 0 Å². The number of pyridine rings is 1. The summed E-state index contributed by atoms with van der Waals surface area (Å²) in [5, 5.41) is 4.70. The maximum Gasteiger partial charge on any atom is 0.154 e. The van der Waals surface area contributed by atoms with E-state index in [1.807, 2.05) is 28.8 Å². The summed E-state index contributed by atoms with van der Waals surface area (Å²) < 4.78 is 7.14. The zero-order chi connectivity index (χ0) is 15.1. The molecule has 112 valence electrons. The molecule has 1 saturated heterocycles. The number of nitrogens with two attached hydrogens (primary N) is 1. The number of ether oxygens (including phenoxy) is 1. The highest BCUT2D eigenvalue weighted by Gasteiger charge is 2.27. The van der Waals surface area contributed by atoms with Crippen molar-refractivity contribution in [3.63, 3.8) is 0 Å². The maximum absolute atomic E-state index is 5.76. The first-order valence-corrected chi connectivity index (χ1v) is 7.09. The predicted octanol–water partition coefficient (Wildman–Crippen LogP) is 1.21. The number of hydrogen-bond donors (Lipinski definition) is 1. The first-order valence-electron chi connectivity index (χ1n) is 7.09. The third-order valence-corrected chi connectivity index (χ3v) is 3.93. The zero-order valence-electron chi connectivity index (χ0n) is 12.2. The normalized spacial score (nSPS) is 15.2. The van der Waals surface area contributed by atoms with E-state index in [0.717, 1.165) is 35.8 Å². The van der Waals surface area contributed by atoms with Crippen molar-refractivity contribution < 1.29 is 4.74 Å². The first kappa shape index (κ1) is 13.0. The summed E-state index contributed by atoms with van der Waals surface area (Å²) >= 11 is 0. The Morgan fingerprint density at radius 2 is 2.09 bits per heavy atom. The molecular weight excluding hydrogens is 280 g/mol. The average molecular weight is 296 g/mol. The van der Waals surface area contributed by atoms with Crippen LogP contribution in [0.5, 0.6) is 0 Å². The molecule has 3 aromatic rings. The van der Waals surface area contributed by atoms with Crippen molar-refractivity contribution in [3.8, 4) is 11.3 Å².